The Balaban J connectivity index is 0.000000531. The smallest absolute Gasteiger partial charge is 0.119 e. The largest absolute Gasteiger partial charge is 0.508 e. The van der Waals surface area contributed by atoms with Gasteiger partial charge >= 0.3 is 0 Å². The predicted octanol–water partition coefficient (Wildman–Crippen LogP) is 4.43. The highest BCUT2D eigenvalue weighted by molar-refractivity contribution is 6.31. The molecule has 2 rings (SSSR count). The topological polar surface area (TPSA) is 20.2 Å². The minimum atomic E-state index is 0.273. The number of hydrogen-bond acceptors (Lipinski definition) is 1. The van der Waals surface area contributed by atoms with Gasteiger partial charge in [0.25, 0.3) is 0 Å². The summed E-state index contributed by atoms with van der Waals surface area (Å²) in [6, 6.07) is 3.65. The van der Waals surface area contributed by atoms with E-state index in [4.69, 9.17) is 11.6 Å². The summed E-state index contributed by atoms with van der Waals surface area (Å²) in [6.45, 7) is 8.12. The molecule has 0 heterocycles. The van der Waals surface area contributed by atoms with E-state index in [0.717, 1.165) is 5.56 Å². The molecule has 1 aromatic carbocycles. The standard InChI is InChI=1S/C11H13ClO.C2H6/c1-7-5-8(11(2)3-4-11)9(12)6-10(7)13;1-2/h5-6,13H,3-4H2,1-2H3;1-2H3. The molecule has 1 fully saturated rings. The Morgan fingerprint density at radius 1 is 1.27 bits per heavy atom. The number of phenols is 1. The first-order valence-electron chi connectivity index (χ1n) is 5.52. The fourth-order valence-corrected chi connectivity index (χ4v) is 1.98. The number of aromatic hydroxyl groups is 1. The van der Waals surface area contributed by atoms with Crippen LogP contribution in [0, 0.1) is 6.92 Å². The number of hydrogen-bond donors (Lipinski definition) is 1. The van der Waals surface area contributed by atoms with Gasteiger partial charge in [0.05, 0.1) is 0 Å². The molecule has 1 saturated carbocycles. The van der Waals surface area contributed by atoms with Gasteiger partial charge in [0.15, 0.2) is 0 Å². The second-order valence-corrected chi connectivity index (χ2v) is 4.59. The van der Waals surface area contributed by atoms with Gasteiger partial charge in [-0.25, -0.2) is 0 Å². The Kier molecular flexibility index (Phi) is 3.67. The third-order valence-electron chi connectivity index (χ3n) is 2.94. The molecule has 0 atom stereocenters. The molecule has 0 bridgehead atoms. The third-order valence-corrected chi connectivity index (χ3v) is 3.25. The van der Waals surface area contributed by atoms with Crippen molar-refractivity contribution in [2.24, 2.45) is 0 Å². The number of aryl methyl sites for hydroxylation is 1. The zero-order valence-electron chi connectivity index (χ0n) is 9.89. The lowest BCUT2D eigenvalue weighted by Crippen LogP contribution is -2.01. The van der Waals surface area contributed by atoms with Gasteiger partial charge in [0.2, 0.25) is 0 Å². The summed E-state index contributed by atoms with van der Waals surface area (Å²) in [7, 11) is 0. The molecule has 0 unspecified atom stereocenters. The third kappa shape index (κ3) is 2.46. The molecule has 1 aliphatic rings. The van der Waals surface area contributed by atoms with E-state index >= 15 is 0 Å². The fraction of sp³-hybridized carbons (Fsp3) is 0.538. The second kappa shape index (κ2) is 4.44. The maximum atomic E-state index is 9.43. The Hall–Kier alpha value is -0.690. The zero-order chi connectivity index (χ0) is 11.6. The average molecular weight is 227 g/mol. The maximum Gasteiger partial charge on any atom is 0.119 e. The van der Waals surface area contributed by atoms with Crippen LogP contribution in [-0.2, 0) is 5.41 Å². The quantitative estimate of drug-likeness (QED) is 0.751. The molecule has 15 heavy (non-hydrogen) atoms. The second-order valence-electron chi connectivity index (χ2n) is 4.18. The van der Waals surface area contributed by atoms with E-state index in [1.54, 1.807) is 6.07 Å². The van der Waals surface area contributed by atoms with Gasteiger partial charge in [-0.1, -0.05) is 38.4 Å². The van der Waals surface area contributed by atoms with Crippen molar-refractivity contribution >= 4 is 11.6 Å². The van der Waals surface area contributed by atoms with Crippen molar-refractivity contribution in [3.05, 3.63) is 28.3 Å². The van der Waals surface area contributed by atoms with Crippen LogP contribution in [0.25, 0.3) is 0 Å². The van der Waals surface area contributed by atoms with Crippen molar-refractivity contribution in [3.8, 4) is 5.75 Å². The Bertz CT molecular complexity index is 354. The van der Waals surface area contributed by atoms with Gasteiger partial charge in [-0.3, -0.25) is 0 Å². The van der Waals surface area contributed by atoms with Crippen LogP contribution in [0.4, 0.5) is 0 Å². The van der Waals surface area contributed by atoms with Crippen LogP contribution in [0.1, 0.15) is 44.7 Å². The molecule has 1 N–H and O–H groups in total. The molecular weight excluding hydrogens is 208 g/mol. The predicted molar refractivity (Wildman–Crippen MR) is 65.8 cm³/mol. The van der Waals surface area contributed by atoms with Gasteiger partial charge < -0.3 is 5.11 Å². The van der Waals surface area contributed by atoms with Crippen LogP contribution in [0.2, 0.25) is 5.02 Å². The van der Waals surface area contributed by atoms with E-state index in [0.29, 0.717) is 5.02 Å². The summed E-state index contributed by atoms with van der Waals surface area (Å²) in [4.78, 5) is 0. The minimum Gasteiger partial charge on any atom is -0.508 e. The van der Waals surface area contributed by atoms with E-state index in [2.05, 4.69) is 6.92 Å². The normalized spacial score (nSPS) is 16.6. The molecule has 1 nitrogen and oxygen atoms in total. The molecule has 0 spiro atoms. The summed E-state index contributed by atoms with van der Waals surface area (Å²) in [5.41, 5.74) is 2.37. The minimum absolute atomic E-state index is 0.273. The van der Waals surface area contributed by atoms with Crippen molar-refractivity contribution in [2.75, 3.05) is 0 Å². The van der Waals surface area contributed by atoms with E-state index < -0.39 is 0 Å². The number of phenolic OH excluding ortho intramolecular Hbond substituents is 1. The summed E-state index contributed by atoms with van der Waals surface area (Å²) in [5.74, 6) is 0.290. The summed E-state index contributed by atoms with van der Waals surface area (Å²) in [6.07, 6.45) is 2.41. The van der Waals surface area contributed by atoms with Crippen molar-refractivity contribution in [1.29, 1.82) is 0 Å². The highest BCUT2D eigenvalue weighted by atomic mass is 35.5. The van der Waals surface area contributed by atoms with Crippen LogP contribution in [0.3, 0.4) is 0 Å². The molecule has 0 amide bonds. The van der Waals surface area contributed by atoms with E-state index in [1.807, 2.05) is 26.8 Å². The molecule has 2 heteroatoms. The first kappa shape index (κ1) is 12.4. The van der Waals surface area contributed by atoms with Crippen LogP contribution >= 0.6 is 11.6 Å². The van der Waals surface area contributed by atoms with Crippen molar-refractivity contribution in [2.45, 2.75) is 46.0 Å². The number of rotatable bonds is 1. The SMILES string of the molecule is CC.Cc1cc(C2(C)CC2)c(Cl)cc1O. The first-order valence-corrected chi connectivity index (χ1v) is 5.90. The zero-order valence-corrected chi connectivity index (χ0v) is 10.7. The maximum absolute atomic E-state index is 9.43. The van der Waals surface area contributed by atoms with Gasteiger partial charge in [-0.05, 0) is 42.4 Å². The molecule has 0 radical (unpaired) electrons. The van der Waals surface area contributed by atoms with Gasteiger partial charge in [0.1, 0.15) is 5.75 Å². The molecule has 0 saturated heterocycles. The van der Waals surface area contributed by atoms with Gasteiger partial charge in [0, 0.05) is 5.02 Å². The number of benzene rings is 1. The van der Waals surface area contributed by atoms with Crippen LogP contribution in [0.15, 0.2) is 12.1 Å². The lowest BCUT2D eigenvalue weighted by Gasteiger charge is -2.12. The van der Waals surface area contributed by atoms with Gasteiger partial charge in [-0.15, -0.1) is 0 Å². The average Bonchev–Trinajstić information content (AvgIpc) is 2.94. The summed E-state index contributed by atoms with van der Waals surface area (Å²) >= 11 is 6.07. The van der Waals surface area contributed by atoms with Crippen LogP contribution < -0.4 is 0 Å². The van der Waals surface area contributed by atoms with Crippen molar-refractivity contribution < 1.29 is 5.11 Å². The summed E-state index contributed by atoms with van der Waals surface area (Å²) < 4.78 is 0. The van der Waals surface area contributed by atoms with Crippen molar-refractivity contribution in [3.63, 3.8) is 0 Å². The van der Waals surface area contributed by atoms with Crippen molar-refractivity contribution in [1.82, 2.24) is 0 Å². The van der Waals surface area contributed by atoms with Gasteiger partial charge in [-0.2, -0.15) is 0 Å². The highest BCUT2D eigenvalue weighted by Crippen LogP contribution is 2.50. The fourth-order valence-electron chi connectivity index (χ4n) is 1.59. The number of halogens is 1. The first-order chi connectivity index (χ1) is 7.03. The highest BCUT2D eigenvalue weighted by Gasteiger charge is 2.40. The molecule has 84 valence electrons. The molecule has 1 aliphatic carbocycles. The van der Waals surface area contributed by atoms with Crippen LogP contribution in [0.5, 0.6) is 5.75 Å². The lowest BCUT2D eigenvalue weighted by molar-refractivity contribution is 0.470. The Morgan fingerprint density at radius 2 is 1.80 bits per heavy atom. The Labute approximate surface area is 97.1 Å². The monoisotopic (exact) mass is 226 g/mol. The van der Waals surface area contributed by atoms with E-state index in [-0.39, 0.29) is 11.2 Å². The van der Waals surface area contributed by atoms with E-state index in [1.165, 1.54) is 18.4 Å². The van der Waals surface area contributed by atoms with E-state index in [9.17, 15) is 5.11 Å². The lowest BCUT2D eigenvalue weighted by atomic mass is 9.96. The molecule has 0 aliphatic heterocycles. The molecule has 0 aromatic heterocycles. The van der Waals surface area contributed by atoms with Crippen LogP contribution in [-0.4, -0.2) is 5.11 Å². The summed E-state index contributed by atoms with van der Waals surface area (Å²) in [5, 5.41) is 10.1. The molecule has 1 aromatic rings. The Morgan fingerprint density at radius 3 is 2.27 bits per heavy atom. The molecular formula is C13H19ClO.